The van der Waals surface area contributed by atoms with Crippen molar-refractivity contribution in [2.45, 2.75) is 25.9 Å². The lowest BCUT2D eigenvalue weighted by Gasteiger charge is -2.23. The number of rotatable bonds is 4. The van der Waals surface area contributed by atoms with E-state index in [4.69, 9.17) is 4.42 Å². The van der Waals surface area contributed by atoms with Crippen molar-refractivity contribution in [2.24, 2.45) is 5.41 Å². The number of carbonyl (C=O) groups excluding carboxylic acids is 1. The lowest BCUT2D eigenvalue weighted by Crippen LogP contribution is -2.36. The molecule has 1 atom stereocenters. The molecule has 2 aliphatic rings. The second-order valence-corrected chi connectivity index (χ2v) is 6.98. The van der Waals surface area contributed by atoms with Crippen molar-refractivity contribution < 1.29 is 13.6 Å². The Balaban J connectivity index is 1.41. The Morgan fingerprint density at radius 1 is 1.12 bits per heavy atom. The van der Waals surface area contributed by atoms with Crippen molar-refractivity contribution in [1.29, 1.82) is 0 Å². The number of amides is 1. The summed E-state index contributed by atoms with van der Waals surface area (Å²) < 4.78 is 18.5. The zero-order valence-corrected chi connectivity index (χ0v) is 13.6. The molecule has 0 radical (unpaired) electrons. The summed E-state index contributed by atoms with van der Waals surface area (Å²) in [5, 5.41) is 0. The van der Waals surface area contributed by atoms with Gasteiger partial charge in [0, 0.05) is 31.7 Å². The summed E-state index contributed by atoms with van der Waals surface area (Å²) in [6.45, 7) is 3.83. The molecule has 0 bridgehead atoms. The predicted molar refractivity (Wildman–Crippen MR) is 87.5 cm³/mol. The van der Waals surface area contributed by atoms with Crippen molar-refractivity contribution in [1.82, 2.24) is 9.80 Å². The van der Waals surface area contributed by atoms with Gasteiger partial charge in [-0.3, -0.25) is 9.69 Å². The summed E-state index contributed by atoms with van der Waals surface area (Å²) in [6.07, 6.45) is 5.24. The van der Waals surface area contributed by atoms with Crippen LogP contribution in [0.25, 0.3) is 0 Å². The second kappa shape index (κ2) is 6.06. The van der Waals surface area contributed by atoms with E-state index in [1.165, 1.54) is 12.1 Å². The van der Waals surface area contributed by atoms with E-state index < -0.39 is 0 Å². The number of likely N-dealkylation sites (tertiary alicyclic amines) is 2. The molecule has 0 N–H and O–H groups in total. The molecule has 2 aromatic rings. The molecule has 1 spiro atoms. The number of benzene rings is 1. The zero-order valence-electron chi connectivity index (χ0n) is 13.6. The highest BCUT2D eigenvalue weighted by Gasteiger charge is 2.50. The molecule has 2 fully saturated rings. The minimum atomic E-state index is -0.253. The van der Waals surface area contributed by atoms with E-state index in [0.29, 0.717) is 6.54 Å². The monoisotopic (exact) mass is 328 g/mol. The van der Waals surface area contributed by atoms with Crippen molar-refractivity contribution in [3.63, 3.8) is 0 Å². The largest absolute Gasteiger partial charge is 0.472 e. The first-order chi connectivity index (χ1) is 11.6. The Bertz CT molecular complexity index is 731. The summed E-state index contributed by atoms with van der Waals surface area (Å²) in [4.78, 5) is 17.2. The first-order valence-corrected chi connectivity index (χ1v) is 8.42. The normalized spacial score (nSPS) is 24.4. The molecule has 126 valence electrons. The molecular formula is C19H21FN2O2. The minimum absolute atomic E-state index is 0.224. The number of nitrogens with zero attached hydrogens (tertiary/aromatic N) is 2. The Morgan fingerprint density at radius 3 is 2.79 bits per heavy atom. The number of hydrogen-bond donors (Lipinski definition) is 0. The summed E-state index contributed by atoms with van der Waals surface area (Å²) in [5.41, 5.74) is 1.75. The fourth-order valence-corrected chi connectivity index (χ4v) is 4.01. The van der Waals surface area contributed by atoms with Crippen molar-refractivity contribution in [2.75, 3.05) is 19.6 Å². The maximum absolute atomic E-state index is 13.3. The quantitative estimate of drug-likeness (QED) is 0.865. The molecule has 2 aliphatic heterocycles. The SMILES string of the molecule is O=C1N(Cc2cccc(F)c2)CC[C@]12CCN(Cc1ccoc1)C2. The molecule has 5 heteroatoms. The van der Waals surface area contributed by atoms with E-state index in [0.717, 1.165) is 50.1 Å². The summed E-state index contributed by atoms with van der Waals surface area (Å²) in [5.74, 6) is -0.0255. The maximum atomic E-state index is 13.3. The van der Waals surface area contributed by atoms with E-state index in [2.05, 4.69) is 4.90 Å². The van der Waals surface area contributed by atoms with Gasteiger partial charge in [0.05, 0.1) is 17.9 Å². The third-order valence-corrected chi connectivity index (χ3v) is 5.28. The van der Waals surface area contributed by atoms with Crippen LogP contribution in [0.15, 0.2) is 47.3 Å². The average Bonchev–Trinajstić information content (AvgIpc) is 3.27. The van der Waals surface area contributed by atoms with Crippen LogP contribution in [0.4, 0.5) is 4.39 Å². The van der Waals surface area contributed by atoms with E-state index >= 15 is 0 Å². The Hall–Kier alpha value is -2.14. The first-order valence-electron chi connectivity index (χ1n) is 8.42. The number of halogens is 1. The zero-order chi connectivity index (χ0) is 16.6. The molecule has 2 saturated heterocycles. The van der Waals surface area contributed by atoms with Gasteiger partial charge in [0.1, 0.15) is 5.82 Å². The van der Waals surface area contributed by atoms with E-state index in [1.807, 2.05) is 17.0 Å². The van der Waals surface area contributed by atoms with Gasteiger partial charge in [-0.05, 0) is 43.1 Å². The standard InChI is InChI=1S/C19H21FN2O2/c20-17-3-1-2-15(10-17)12-22-8-6-19(18(22)23)5-7-21(14-19)11-16-4-9-24-13-16/h1-4,9-10,13H,5-8,11-12,14H2/t19-/m0/s1. The summed E-state index contributed by atoms with van der Waals surface area (Å²) in [7, 11) is 0. The molecule has 1 amide bonds. The Labute approximate surface area is 140 Å². The van der Waals surface area contributed by atoms with E-state index in [9.17, 15) is 9.18 Å². The molecule has 0 aliphatic carbocycles. The van der Waals surface area contributed by atoms with Crippen LogP contribution in [-0.2, 0) is 17.9 Å². The van der Waals surface area contributed by atoms with Crippen LogP contribution in [0.1, 0.15) is 24.0 Å². The minimum Gasteiger partial charge on any atom is -0.472 e. The molecular weight excluding hydrogens is 307 g/mol. The Morgan fingerprint density at radius 2 is 2.00 bits per heavy atom. The van der Waals surface area contributed by atoms with Gasteiger partial charge >= 0.3 is 0 Å². The number of carbonyl (C=O) groups is 1. The highest BCUT2D eigenvalue weighted by molar-refractivity contribution is 5.85. The van der Waals surface area contributed by atoms with Gasteiger partial charge in [0.25, 0.3) is 0 Å². The van der Waals surface area contributed by atoms with Gasteiger partial charge in [0.2, 0.25) is 5.91 Å². The van der Waals surface area contributed by atoms with E-state index in [1.54, 1.807) is 18.6 Å². The van der Waals surface area contributed by atoms with Gasteiger partial charge in [-0.25, -0.2) is 4.39 Å². The van der Waals surface area contributed by atoms with Crippen LogP contribution in [0.5, 0.6) is 0 Å². The smallest absolute Gasteiger partial charge is 0.230 e. The van der Waals surface area contributed by atoms with Crippen molar-refractivity contribution >= 4 is 5.91 Å². The van der Waals surface area contributed by atoms with Crippen LogP contribution in [0.2, 0.25) is 0 Å². The third kappa shape index (κ3) is 2.84. The Kier molecular flexibility index (Phi) is 3.88. The maximum Gasteiger partial charge on any atom is 0.230 e. The lowest BCUT2D eigenvalue weighted by molar-refractivity contribution is -0.136. The van der Waals surface area contributed by atoms with Gasteiger partial charge in [-0.1, -0.05) is 12.1 Å². The number of furan rings is 1. The fraction of sp³-hybridized carbons (Fsp3) is 0.421. The van der Waals surface area contributed by atoms with Gasteiger partial charge in [0.15, 0.2) is 0 Å². The lowest BCUT2D eigenvalue weighted by atomic mass is 9.85. The van der Waals surface area contributed by atoms with Crippen LogP contribution in [-0.4, -0.2) is 35.3 Å². The van der Waals surface area contributed by atoms with Gasteiger partial charge in [-0.2, -0.15) is 0 Å². The highest BCUT2D eigenvalue weighted by atomic mass is 19.1. The molecule has 4 rings (SSSR count). The highest BCUT2D eigenvalue weighted by Crippen LogP contribution is 2.41. The van der Waals surface area contributed by atoms with Crippen LogP contribution >= 0.6 is 0 Å². The summed E-state index contributed by atoms with van der Waals surface area (Å²) >= 11 is 0. The first kappa shape index (κ1) is 15.4. The fourth-order valence-electron chi connectivity index (χ4n) is 4.01. The second-order valence-electron chi connectivity index (χ2n) is 6.98. The molecule has 4 nitrogen and oxygen atoms in total. The average molecular weight is 328 g/mol. The molecule has 3 heterocycles. The van der Waals surface area contributed by atoms with Crippen LogP contribution in [0, 0.1) is 11.2 Å². The van der Waals surface area contributed by atoms with Gasteiger partial charge in [-0.15, -0.1) is 0 Å². The predicted octanol–water partition coefficient (Wildman–Crippen LogP) is 3.04. The molecule has 0 unspecified atom stereocenters. The molecule has 1 aromatic carbocycles. The third-order valence-electron chi connectivity index (χ3n) is 5.28. The van der Waals surface area contributed by atoms with Crippen molar-refractivity contribution in [3.05, 3.63) is 59.8 Å². The summed E-state index contributed by atoms with van der Waals surface area (Å²) in [6, 6.07) is 8.49. The molecule has 24 heavy (non-hydrogen) atoms. The topological polar surface area (TPSA) is 36.7 Å². The van der Waals surface area contributed by atoms with Gasteiger partial charge < -0.3 is 9.32 Å². The van der Waals surface area contributed by atoms with E-state index in [-0.39, 0.29) is 17.1 Å². The van der Waals surface area contributed by atoms with Crippen molar-refractivity contribution in [3.8, 4) is 0 Å². The molecule has 0 saturated carbocycles. The molecule has 1 aromatic heterocycles. The number of hydrogen-bond acceptors (Lipinski definition) is 3. The van der Waals surface area contributed by atoms with Crippen LogP contribution < -0.4 is 0 Å². The van der Waals surface area contributed by atoms with Crippen LogP contribution in [0.3, 0.4) is 0 Å².